The first-order valence-electron chi connectivity index (χ1n) is 9.27. The smallest absolute Gasteiger partial charge is 0.241 e. The molecule has 0 N–H and O–H groups in total. The molecule has 0 saturated heterocycles. The topological polar surface area (TPSA) is 98.1 Å². The monoisotopic (exact) mass is 470 g/mol. The summed E-state index contributed by atoms with van der Waals surface area (Å²) in [5.74, 6) is 0. The number of hydrogen-bond acceptors (Lipinski definition) is 6. The van der Waals surface area contributed by atoms with Gasteiger partial charge in [-0.15, -0.1) is 0 Å². The molecule has 1 heterocycles. The summed E-state index contributed by atoms with van der Waals surface area (Å²) in [6, 6.07) is 9.05. The average molecular weight is 470 g/mol. The van der Waals surface area contributed by atoms with Crippen LogP contribution >= 0.6 is 0 Å². The molecule has 6 nitrogen and oxygen atoms in total. The van der Waals surface area contributed by atoms with E-state index in [9.17, 15) is 26.3 Å². The molecular weight excluding hydrogens is 462 g/mol. The van der Waals surface area contributed by atoms with Gasteiger partial charge in [0.2, 0.25) is 12.4 Å². The zero-order chi connectivity index (χ0) is 24.7. The second-order valence-electron chi connectivity index (χ2n) is 6.86. The number of aliphatic imine (C=N–C) groups is 2. The molecule has 0 saturated carbocycles. The zero-order valence-corrected chi connectivity index (χ0v) is 16.6. The molecule has 168 valence electrons. The van der Waals surface area contributed by atoms with E-state index in [4.69, 9.17) is 10.5 Å². The number of hydrogen-bond donors (Lipinski definition) is 0. The molecule has 1 aliphatic rings. The molecule has 0 amide bonds. The lowest BCUT2D eigenvalue weighted by molar-refractivity contribution is -0.141. The predicted octanol–water partition coefficient (Wildman–Crippen LogP) is 5.13. The molecule has 34 heavy (non-hydrogen) atoms. The van der Waals surface area contributed by atoms with Gasteiger partial charge in [0.05, 0.1) is 5.56 Å². The predicted molar refractivity (Wildman–Crippen MR) is 106 cm³/mol. The van der Waals surface area contributed by atoms with Crippen molar-refractivity contribution in [2.24, 2.45) is 9.98 Å². The third-order valence-electron chi connectivity index (χ3n) is 4.86. The highest BCUT2D eigenvalue weighted by atomic mass is 19.4. The van der Waals surface area contributed by atoms with Gasteiger partial charge >= 0.3 is 12.4 Å². The first-order valence-corrected chi connectivity index (χ1v) is 9.27. The van der Waals surface area contributed by atoms with Crippen LogP contribution in [-0.2, 0) is 12.4 Å². The molecular formula is C22H8F6N6. The lowest BCUT2D eigenvalue weighted by Crippen LogP contribution is -2.28. The van der Waals surface area contributed by atoms with Gasteiger partial charge in [0.1, 0.15) is 28.5 Å². The maximum absolute atomic E-state index is 14.0. The number of rotatable bonds is 1. The molecule has 0 atom stereocenters. The lowest BCUT2D eigenvalue weighted by atomic mass is 9.88. The van der Waals surface area contributed by atoms with E-state index < -0.39 is 35.0 Å². The van der Waals surface area contributed by atoms with Gasteiger partial charge in [-0.2, -0.15) is 46.9 Å². The van der Waals surface area contributed by atoms with Gasteiger partial charge in [-0.3, -0.25) is 0 Å². The number of benzene rings is 2. The summed E-state index contributed by atoms with van der Waals surface area (Å²) in [4.78, 5) is 15.0. The highest BCUT2D eigenvalue weighted by Gasteiger charge is 2.41. The fourth-order valence-electron chi connectivity index (χ4n) is 3.46. The molecule has 1 aromatic heterocycles. The van der Waals surface area contributed by atoms with Crippen LogP contribution in [0.1, 0.15) is 33.8 Å². The van der Waals surface area contributed by atoms with Crippen molar-refractivity contribution in [1.82, 2.24) is 9.97 Å². The third-order valence-corrected chi connectivity index (χ3v) is 4.86. The standard InChI is InChI=1S/C22H8F6N6/c23-21(24,25)12-7-5-11(6-8-12)15-20(22(26,27)28)34-19-17(32-10-30)14-4-2-1-3-13(14)16(31-9-29)18(19)33-15/h1-8H. The first-order chi connectivity index (χ1) is 16.1. The lowest BCUT2D eigenvalue weighted by Gasteiger charge is -2.23. The van der Waals surface area contributed by atoms with E-state index in [2.05, 4.69) is 20.0 Å². The van der Waals surface area contributed by atoms with Crippen LogP contribution in [0.4, 0.5) is 26.3 Å². The van der Waals surface area contributed by atoms with Crippen LogP contribution in [0.15, 0.2) is 58.5 Å². The summed E-state index contributed by atoms with van der Waals surface area (Å²) in [5.41, 5.74) is -4.12. The number of fused-ring (bicyclic) bond motifs is 2. The van der Waals surface area contributed by atoms with Crippen LogP contribution < -0.4 is 0 Å². The first kappa shape index (κ1) is 22.6. The van der Waals surface area contributed by atoms with E-state index in [1.165, 1.54) is 18.3 Å². The average Bonchev–Trinajstić information content (AvgIpc) is 2.79. The van der Waals surface area contributed by atoms with Gasteiger partial charge in [-0.1, -0.05) is 36.4 Å². The summed E-state index contributed by atoms with van der Waals surface area (Å²) in [6.07, 6.45) is -6.66. The van der Waals surface area contributed by atoms with Crippen LogP contribution in [0.2, 0.25) is 0 Å². The van der Waals surface area contributed by atoms with Crippen LogP contribution in [-0.4, -0.2) is 21.4 Å². The second kappa shape index (κ2) is 8.08. The van der Waals surface area contributed by atoms with Crippen molar-refractivity contribution in [1.29, 1.82) is 10.5 Å². The minimum Gasteiger partial charge on any atom is -0.241 e. The Morgan fingerprint density at radius 3 is 1.59 bits per heavy atom. The number of alkyl halides is 6. The molecule has 0 radical (unpaired) electrons. The summed E-state index contributed by atoms with van der Waals surface area (Å²) in [5, 5.41) is 18.3. The molecule has 3 aromatic rings. The molecule has 0 aliphatic heterocycles. The van der Waals surface area contributed by atoms with Crippen molar-refractivity contribution in [3.63, 3.8) is 0 Å². The third kappa shape index (κ3) is 3.86. The van der Waals surface area contributed by atoms with Crippen molar-refractivity contribution in [3.05, 3.63) is 82.3 Å². The van der Waals surface area contributed by atoms with Gasteiger partial charge in [0, 0.05) is 16.7 Å². The van der Waals surface area contributed by atoms with Crippen molar-refractivity contribution >= 4 is 11.4 Å². The van der Waals surface area contributed by atoms with E-state index >= 15 is 0 Å². The summed E-state index contributed by atoms with van der Waals surface area (Å²) in [7, 11) is 0. The fourth-order valence-corrected chi connectivity index (χ4v) is 3.46. The van der Waals surface area contributed by atoms with Crippen molar-refractivity contribution in [3.8, 4) is 23.6 Å². The fraction of sp³-hybridized carbons (Fsp3) is 0.0909. The van der Waals surface area contributed by atoms with Gasteiger partial charge in [-0.05, 0) is 12.1 Å². The summed E-state index contributed by atoms with van der Waals surface area (Å²) in [6.45, 7) is 0. The normalized spacial score (nSPS) is 15.4. The Morgan fingerprint density at radius 2 is 1.15 bits per heavy atom. The molecule has 0 unspecified atom stereocenters. The van der Waals surface area contributed by atoms with Crippen LogP contribution in [0.3, 0.4) is 0 Å². The van der Waals surface area contributed by atoms with Crippen LogP contribution in [0.5, 0.6) is 0 Å². The highest BCUT2D eigenvalue weighted by molar-refractivity contribution is 6.30. The maximum Gasteiger partial charge on any atom is 0.435 e. The Bertz CT molecular complexity index is 1440. The van der Waals surface area contributed by atoms with Crippen molar-refractivity contribution in [2.45, 2.75) is 12.4 Å². The maximum atomic E-state index is 14.0. The Morgan fingerprint density at radius 1 is 0.647 bits per heavy atom. The summed E-state index contributed by atoms with van der Waals surface area (Å²) < 4.78 is 80.6. The Kier molecular flexibility index (Phi) is 5.37. The van der Waals surface area contributed by atoms with Crippen molar-refractivity contribution in [2.75, 3.05) is 0 Å². The van der Waals surface area contributed by atoms with Crippen LogP contribution in [0.25, 0.3) is 11.3 Å². The number of aromatic nitrogens is 2. The van der Waals surface area contributed by atoms with Gasteiger partial charge < -0.3 is 0 Å². The van der Waals surface area contributed by atoms with Gasteiger partial charge in [-0.25, -0.2) is 9.97 Å². The molecule has 4 rings (SSSR count). The molecule has 0 bridgehead atoms. The van der Waals surface area contributed by atoms with E-state index in [0.717, 1.165) is 12.1 Å². The van der Waals surface area contributed by atoms with E-state index in [1.807, 2.05) is 0 Å². The largest absolute Gasteiger partial charge is 0.435 e. The zero-order valence-electron chi connectivity index (χ0n) is 16.6. The van der Waals surface area contributed by atoms with E-state index in [0.29, 0.717) is 12.1 Å². The molecule has 12 heteroatoms. The molecule has 1 aliphatic carbocycles. The minimum absolute atomic E-state index is 0.112. The number of nitrogens with zero attached hydrogens (tertiary/aromatic N) is 6. The minimum atomic E-state index is -5.05. The molecule has 0 spiro atoms. The quantitative estimate of drug-likeness (QED) is 0.284. The van der Waals surface area contributed by atoms with E-state index in [-0.39, 0.29) is 33.8 Å². The highest BCUT2D eigenvalue weighted by Crippen LogP contribution is 2.38. The van der Waals surface area contributed by atoms with Gasteiger partial charge in [0.15, 0.2) is 5.69 Å². The van der Waals surface area contributed by atoms with Crippen LogP contribution in [0, 0.1) is 22.9 Å². The Balaban J connectivity index is 2.06. The Hall–Kier alpha value is -4.58. The van der Waals surface area contributed by atoms with E-state index in [1.54, 1.807) is 18.3 Å². The molecule has 2 aromatic carbocycles. The Labute approximate surface area is 187 Å². The molecule has 0 fully saturated rings. The van der Waals surface area contributed by atoms with Crippen molar-refractivity contribution < 1.29 is 26.3 Å². The number of halogens is 6. The number of nitriles is 2. The van der Waals surface area contributed by atoms with Gasteiger partial charge in [0.25, 0.3) is 0 Å². The SMILES string of the molecule is N#CN=C1c2ccccc2C(=NC#N)c2nc(C(F)(F)F)c(-c3ccc(C(F)(F)F)cc3)nc21. The summed E-state index contributed by atoms with van der Waals surface area (Å²) >= 11 is 0. The second-order valence-corrected chi connectivity index (χ2v) is 6.86.